The minimum atomic E-state index is -0.390. The Balaban J connectivity index is 2.01. The second kappa shape index (κ2) is 4.84. The van der Waals surface area contributed by atoms with Gasteiger partial charge < -0.3 is 10.2 Å². The molecule has 2 atom stereocenters. The van der Waals surface area contributed by atoms with Crippen molar-refractivity contribution in [3.05, 3.63) is 29.7 Å². The molecule has 0 amide bonds. The summed E-state index contributed by atoms with van der Waals surface area (Å²) in [5, 5.41) is 0. The monoisotopic (exact) mass is 286 g/mol. The van der Waals surface area contributed by atoms with E-state index in [-0.39, 0.29) is 5.41 Å². The molecule has 3 heteroatoms. The first-order valence-corrected chi connectivity index (χ1v) is 7.98. The van der Waals surface area contributed by atoms with E-state index < -0.39 is 5.54 Å². The normalized spacial score (nSPS) is 27.2. The molecule has 0 radical (unpaired) electrons. The number of fused-ring (bicyclic) bond motifs is 1. The fourth-order valence-corrected chi connectivity index (χ4v) is 3.39. The van der Waals surface area contributed by atoms with Crippen molar-refractivity contribution in [1.29, 1.82) is 0 Å². The maximum Gasteiger partial charge on any atom is 0.215 e. The molecule has 21 heavy (non-hydrogen) atoms. The first-order chi connectivity index (χ1) is 9.78. The van der Waals surface area contributed by atoms with Gasteiger partial charge in [0.25, 0.3) is 0 Å². The van der Waals surface area contributed by atoms with Gasteiger partial charge in [-0.1, -0.05) is 46.6 Å². The maximum atomic E-state index is 6.60. The largest absolute Gasteiger partial charge is 0.439 e. The van der Waals surface area contributed by atoms with E-state index in [4.69, 9.17) is 15.1 Å². The van der Waals surface area contributed by atoms with E-state index in [9.17, 15) is 0 Å². The topological polar surface area (TPSA) is 52.0 Å². The molecule has 0 spiro atoms. The average molecular weight is 286 g/mol. The summed E-state index contributed by atoms with van der Waals surface area (Å²) in [5.41, 5.74) is 9.39. The third kappa shape index (κ3) is 2.71. The van der Waals surface area contributed by atoms with Crippen molar-refractivity contribution < 1.29 is 4.42 Å². The number of nitrogens with zero attached hydrogens (tertiary/aromatic N) is 1. The molecular weight excluding hydrogens is 260 g/mol. The molecule has 0 bridgehead atoms. The highest BCUT2D eigenvalue weighted by molar-refractivity contribution is 5.74. The number of rotatable bonds is 1. The highest BCUT2D eigenvalue weighted by Gasteiger charge is 2.37. The van der Waals surface area contributed by atoms with Crippen LogP contribution in [0.25, 0.3) is 11.1 Å². The third-order valence-corrected chi connectivity index (χ3v) is 4.71. The lowest BCUT2D eigenvalue weighted by Gasteiger charge is -2.33. The summed E-state index contributed by atoms with van der Waals surface area (Å²) in [4.78, 5) is 4.73. The third-order valence-electron chi connectivity index (χ3n) is 4.71. The second-order valence-corrected chi connectivity index (χ2v) is 7.81. The molecule has 2 unspecified atom stereocenters. The zero-order valence-electron chi connectivity index (χ0n) is 13.6. The Labute approximate surface area is 126 Å². The molecule has 3 nitrogen and oxygen atoms in total. The fourth-order valence-electron chi connectivity index (χ4n) is 3.39. The van der Waals surface area contributed by atoms with Crippen molar-refractivity contribution in [1.82, 2.24) is 4.98 Å². The highest BCUT2D eigenvalue weighted by Crippen LogP contribution is 2.38. The van der Waals surface area contributed by atoms with Gasteiger partial charge in [0.1, 0.15) is 5.52 Å². The van der Waals surface area contributed by atoms with Gasteiger partial charge in [-0.15, -0.1) is 0 Å². The summed E-state index contributed by atoms with van der Waals surface area (Å²) in [6, 6.07) is 6.30. The van der Waals surface area contributed by atoms with Crippen LogP contribution in [0.4, 0.5) is 0 Å². The molecule has 1 aliphatic carbocycles. The number of aromatic nitrogens is 1. The molecule has 1 saturated carbocycles. The first-order valence-electron chi connectivity index (χ1n) is 7.98. The van der Waals surface area contributed by atoms with Gasteiger partial charge in [0, 0.05) is 0 Å². The van der Waals surface area contributed by atoms with Crippen LogP contribution in [0.5, 0.6) is 0 Å². The van der Waals surface area contributed by atoms with E-state index in [0.717, 1.165) is 36.3 Å². The first kappa shape index (κ1) is 14.6. The Morgan fingerprint density at radius 2 is 2.10 bits per heavy atom. The van der Waals surface area contributed by atoms with Crippen LogP contribution in [0.2, 0.25) is 0 Å². The van der Waals surface area contributed by atoms with E-state index >= 15 is 0 Å². The van der Waals surface area contributed by atoms with Crippen LogP contribution in [0.1, 0.15) is 64.8 Å². The molecule has 1 aromatic carbocycles. The van der Waals surface area contributed by atoms with Crippen LogP contribution in [0.15, 0.2) is 22.6 Å². The van der Waals surface area contributed by atoms with Gasteiger partial charge in [0.05, 0.1) is 5.54 Å². The Hall–Kier alpha value is -1.35. The Kier molecular flexibility index (Phi) is 3.36. The van der Waals surface area contributed by atoms with Crippen LogP contribution in [-0.2, 0) is 11.0 Å². The van der Waals surface area contributed by atoms with Crippen molar-refractivity contribution in [3.8, 4) is 0 Å². The minimum absolute atomic E-state index is 0.118. The molecular formula is C18H26N2O. The van der Waals surface area contributed by atoms with Crippen LogP contribution in [0.3, 0.4) is 0 Å². The van der Waals surface area contributed by atoms with E-state index in [1.54, 1.807) is 0 Å². The number of oxazole rings is 1. The second-order valence-electron chi connectivity index (χ2n) is 7.81. The molecule has 0 saturated heterocycles. The molecule has 1 fully saturated rings. The quantitative estimate of drug-likeness (QED) is 0.840. The van der Waals surface area contributed by atoms with Gasteiger partial charge in [0.2, 0.25) is 5.89 Å². The zero-order valence-corrected chi connectivity index (χ0v) is 13.6. The number of nitrogens with two attached hydrogens (primary N) is 1. The van der Waals surface area contributed by atoms with Crippen molar-refractivity contribution in [2.45, 2.75) is 64.3 Å². The van der Waals surface area contributed by atoms with Crippen LogP contribution < -0.4 is 5.73 Å². The van der Waals surface area contributed by atoms with E-state index in [1.165, 1.54) is 12.0 Å². The SMILES string of the molecule is CC1CCCC(N)(c2nc3cc(C(C)(C)C)ccc3o2)C1. The molecule has 1 aromatic heterocycles. The maximum absolute atomic E-state index is 6.60. The molecule has 2 aromatic rings. The highest BCUT2D eigenvalue weighted by atomic mass is 16.4. The standard InChI is InChI=1S/C18H26N2O/c1-12-6-5-9-18(19,11-12)16-20-14-10-13(17(2,3)4)7-8-15(14)21-16/h7-8,10,12H,5-6,9,11,19H2,1-4H3. The van der Waals surface area contributed by atoms with Crippen LogP contribution in [-0.4, -0.2) is 4.98 Å². The smallest absolute Gasteiger partial charge is 0.215 e. The lowest BCUT2D eigenvalue weighted by molar-refractivity contribution is 0.201. The van der Waals surface area contributed by atoms with Crippen molar-refractivity contribution in [2.75, 3.05) is 0 Å². The number of hydrogen-bond donors (Lipinski definition) is 1. The minimum Gasteiger partial charge on any atom is -0.439 e. The van der Waals surface area contributed by atoms with Gasteiger partial charge in [-0.3, -0.25) is 0 Å². The Bertz CT molecular complexity index is 653. The van der Waals surface area contributed by atoms with E-state index in [1.807, 2.05) is 6.07 Å². The molecule has 1 heterocycles. The Morgan fingerprint density at radius 1 is 1.33 bits per heavy atom. The van der Waals surface area contributed by atoms with Gasteiger partial charge in [0.15, 0.2) is 5.58 Å². The fraction of sp³-hybridized carbons (Fsp3) is 0.611. The van der Waals surface area contributed by atoms with Crippen LogP contribution >= 0.6 is 0 Å². The van der Waals surface area contributed by atoms with Crippen molar-refractivity contribution >= 4 is 11.1 Å². The summed E-state index contributed by atoms with van der Waals surface area (Å²) in [6.45, 7) is 8.90. The summed E-state index contributed by atoms with van der Waals surface area (Å²) < 4.78 is 5.99. The van der Waals surface area contributed by atoms with E-state index in [2.05, 4.69) is 39.8 Å². The van der Waals surface area contributed by atoms with Crippen LogP contribution in [0, 0.1) is 5.92 Å². The van der Waals surface area contributed by atoms with Gasteiger partial charge in [-0.2, -0.15) is 0 Å². The van der Waals surface area contributed by atoms with Crippen molar-refractivity contribution in [2.24, 2.45) is 11.7 Å². The van der Waals surface area contributed by atoms with Gasteiger partial charge in [-0.25, -0.2) is 4.98 Å². The average Bonchev–Trinajstić information content (AvgIpc) is 2.80. The van der Waals surface area contributed by atoms with Gasteiger partial charge >= 0.3 is 0 Å². The summed E-state index contributed by atoms with van der Waals surface area (Å²) >= 11 is 0. The summed E-state index contributed by atoms with van der Waals surface area (Å²) in [6.07, 6.45) is 4.35. The predicted molar refractivity (Wildman–Crippen MR) is 86.2 cm³/mol. The lowest BCUT2D eigenvalue weighted by atomic mass is 9.77. The predicted octanol–water partition coefficient (Wildman–Crippen LogP) is 4.49. The zero-order chi connectivity index (χ0) is 15.3. The van der Waals surface area contributed by atoms with Gasteiger partial charge in [-0.05, 0) is 41.9 Å². The van der Waals surface area contributed by atoms with Crippen molar-refractivity contribution in [3.63, 3.8) is 0 Å². The number of benzene rings is 1. The summed E-state index contributed by atoms with van der Waals surface area (Å²) in [5.74, 6) is 1.36. The lowest BCUT2D eigenvalue weighted by Crippen LogP contribution is -2.41. The molecule has 1 aliphatic rings. The van der Waals surface area contributed by atoms with E-state index in [0.29, 0.717) is 5.92 Å². The molecule has 0 aliphatic heterocycles. The number of hydrogen-bond acceptors (Lipinski definition) is 3. The molecule has 114 valence electrons. The molecule has 3 rings (SSSR count). The molecule has 2 N–H and O–H groups in total. The summed E-state index contributed by atoms with van der Waals surface area (Å²) in [7, 11) is 0. The Morgan fingerprint density at radius 3 is 2.76 bits per heavy atom.